The molecular weight excluding hydrogens is 351 g/mol. The number of benzene rings is 3. The highest BCUT2D eigenvalue weighted by molar-refractivity contribution is 5.95. The van der Waals surface area contributed by atoms with Crippen molar-refractivity contribution in [1.82, 2.24) is 10.3 Å². The van der Waals surface area contributed by atoms with Gasteiger partial charge in [-0.1, -0.05) is 48.5 Å². The molecule has 0 spiro atoms. The maximum Gasteiger partial charge on any atom is 0.251 e. The molecule has 0 bridgehead atoms. The second-order valence-corrected chi connectivity index (χ2v) is 6.69. The molecule has 0 saturated heterocycles. The highest BCUT2D eigenvalue weighted by Crippen LogP contribution is 2.26. The minimum absolute atomic E-state index is 0.207. The molecule has 0 aliphatic heterocycles. The molecule has 1 amide bonds. The maximum atomic E-state index is 14.6. The lowest BCUT2D eigenvalue weighted by molar-refractivity contribution is 0.0939. The van der Waals surface area contributed by atoms with Crippen molar-refractivity contribution in [3.63, 3.8) is 0 Å². The number of nitrogens with one attached hydrogen (secondary N) is 1. The summed E-state index contributed by atoms with van der Waals surface area (Å²) in [6.45, 7) is 1.93. The van der Waals surface area contributed by atoms with Crippen molar-refractivity contribution in [1.29, 1.82) is 0 Å². The quantitative estimate of drug-likeness (QED) is 0.513. The average molecular weight is 370 g/mol. The van der Waals surface area contributed by atoms with Gasteiger partial charge in [-0.25, -0.2) is 4.39 Å². The summed E-state index contributed by atoms with van der Waals surface area (Å²) in [5.74, 6) is -0.739. The number of nitrogens with zero attached hydrogens (tertiary/aromatic N) is 1. The van der Waals surface area contributed by atoms with Gasteiger partial charge in [0.25, 0.3) is 5.91 Å². The summed E-state index contributed by atoms with van der Waals surface area (Å²) in [6.07, 6.45) is 3.22. The Balaban J connectivity index is 1.57. The minimum atomic E-state index is -0.434. The second-order valence-electron chi connectivity index (χ2n) is 6.69. The molecule has 28 heavy (non-hydrogen) atoms. The average Bonchev–Trinajstić information content (AvgIpc) is 2.73. The van der Waals surface area contributed by atoms with Gasteiger partial charge in [0.1, 0.15) is 5.82 Å². The van der Waals surface area contributed by atoms with E-state index in [-0.39, 0.29) is 11.9 Å². The number of hydrogen-bond acceptors (Lipinski definition) is 2. The van der Waals surface area contributed by atoms with E-state index in [0.29, 0.717) is 11.1 Å². The van der Waals surface area contributed by atoms with Crippen LogP contribution in [0, 0.1) is 5.82 Å². The van der Waals surface area contributed by atoms with Crippen LogP contribution >= 0.6 is 0 Å². The fraction of sp³-hybridized carbons (Fsp3) is 0.0833. The van der Waals surface area contributed by atoms with Crippen LogP contribution < -0.4 is 5.32 Å². The lowest BCUT2D eigenvalue weighted by atomic mass is 9.99. The van der Waals surface area contributed by atoms with Gasteiger partial charge < -0.3 is 5.32 Å². The van der Waals surface area contributed by atoms with Crippen molar-refractivity contribution in [2.24, 2.45) is 0 Å². The zero-order valence-electron chi connectivity index (χ0n) is 15.4. The van der Waals surface area contributed by atoms with Gasteiger partial charge in [-0.3, -0.25) is 9.78 Å². The van der Waals surface area contributed by atoms with Crippen LogP contribution in [0.15, 0.2) is 85.2 Å². The van der Waals surface area contributed by atoms with E-state index in [1.165, 1.54) is 6.07 Å². The molecule has 4 aromatic rings. The summed E-state index contributed by atoms with van der Waals surface area (Å²) in [5.41, 5.74) is 2.49. The molecule has 0 saturated carbocycles. The van der Waals surface area contributed by atoms with E-state index in [0.717, 1.165) is 21.9 Å². The van der Waals surface area contributed by atoms with E-state index >= 15 is 0 Å². The molecule has 1 N–H and O–H groups in total. The van der Waals surface area contributed by atoms with E-state index in [9.17, 15) is 9.18 Å². The molecule has 4 heteroatoms. The van der Waals surface area contributed by atoms with Crippen LogP contribution in [0.1, 0.15) is 28.9 Å². The lowest BCUT2D eigenvalue weighted by Gasteiger charge is -2.17. The maximum absolute atomic E-state index is 14.6. The molecule has 138 valence electrons. The van der Waals surface area contributed by atoms with Crippen LogP contribution in [0.5, 0.6) is 0 Å². The van der Waals surface area contributed by atoms with Crippen LogP contribution in [0.25, 0.3) is 21.9 Å². The smallest absolute Gasteiger partial charge is 0.251 e. The Kier molecular flexibility index (Phi) is 4.85. The van der Waals surface area contributed by atoms with Crippen LogP contribution in [0.3, 0.4) is 0 Å². The van der Waals surface area contributed by atoms with E-state index in [1.54, 1.807) is 36.7 Å². The summed E-state index contributed by atoms with van der Waals surface area (Å²) in [5, 5.41) is 5.19. The van der Waals surface area contributed by atoms with Crippen molar-refractivity contribution in [2.45, 2.75) is 13.0 Å². The Hall–Kier alpha value is -3.53. The number of hydrogen-bond donors (Lipinski definition) is 1. The molecule has 3 aromatic carbocycles. The Bertz CT molecular complexity index is 1140. The van der Waals surface area contributed by atoms with E-state index in [2.05, 4.69) is 10.3 Å². The fourth-order valence-electron chi connectivity index (χ4n) is 3.41. The highest BCUT2D eigenvalue weighted by Gasteiger charge is 2.15. The number of carbonyl (C=O) groups is 1. The third-order valence-corrected chi connectivity index (χ3v) is 4.86. The first kappa shape index (κ1) is 17.9. The van der Waals surface area contributed by atoms with Gasteiger partial charge >= 0.3 is 0 Å². The number of pyridine rings is 1. The largest absolute Gasteiger partial charge is 0.345 e. The Morgan fingerprint density at radius 1 is 0.964 bits per heavy atom. The topological polar surface area (TPSA) is 42.0 Å². The summed E-state index contributed by atoms with van der Waals surface area (Å²) in [6, 6.07) is 21.9. The van der Waals surface area contributed by atoms with Crippen LogP contribution in [0.4, 0.5) is 4.39 Å². The summed E-state index contributed by atoms with van der Waals surface area (Å²) < 4.78 is 14.6. The first-order chi connectivity index (χ1) is 13.6. The van der Waals surface area contributed by atoms with E-state index in [4.69, 9.17) is 0 Å². The Morgan fingerprint density at radius 3 is 2.50 bits per heavy atom. The fourth-order valence-corrected chi connectivity index (χ4v) is 3.41. The van der Waals surface area contributed by atoms with Gasteiger partial charge in [0.15, 0.2) is 0 Å². The van der Waals surface area contributed by atoms with Crippen molar-refractivity contribution >= 4 is 16.7 Å². The SMILES string of the molecule is C[C@H](NC(=O)c1ccc(-c2ccncc2)c(F)c1)c1cccc2ccccc12. The lowest BCUT2D eigenvalue weighted by Crippen LogP contribution is -2.26. The number of fused-ring (bicyclic) bond motifs is 1. The predicted molar refractivity (Wildman–Crippen MR) is 109 cm³/mol. The van der Waals surface area contributed by atoms with Crippen LogP contribution in [0.2, 0.25) is 0 Å². The van der Waals surface area contributed by atoms with Gasteiger partial charge in [-0.05, 0) is 53.1 Å². The molecule has 3 nitrogen and oxygen atoms in total. The first-order valence-electron chi connectivity index (χ1n) is 9.12. The molecule has 0 aliphatic rings. The third-order valence-electron chi connectivity index (χ3n) is 4.86. The van der Waals surface area contributed by atoms with Crippen LogP contribution in [-0.4, -0.2) is 10.9 Å². The molecule has 1 aromatic heterocycles. The van der Waals surface area contributed by atoms with Crippen molar-refractivity contribution in [3.8, 4) is 11.1 Å². The van der Waals surface area contributed by atoms with Crippen molar-refractivity contribution < 1.29 is 9.18 Å². The molecule has 0 fully saturated rings. The first-order valence-corrected chi connectivity index (χ1v) is 9.12. The highest BCUT2D eigenvalue weighted by atomic mass is 19.1. The predicted octanol–water partition coefficient (Wildman–Crippen LogP) is 5.53. The van der Waals surface area contributed by atoms with Crippen LogP contribution in [-0.2, 0) is 0 Å². The monoisotopic (exact) mass is 370 g/mol. The van der Waals surface area contributed by atoms with E-state index in [1.807, 2.05) is 49.4 Å². The normalized spacial score (nSPS) is 11.9. The van der Waals surface area contributed by atoms with Gasteiger partial charge in [0.2, 0.25) is 0 Å². The molecule has 1 heterocycles. The Morgan fingerprint density at radius 2 is 1.71 bits per heavy atom. The zero-order valence-corrected chi connectivity index (χ0v) is 15.4. The molecule has 0 unspecified atom stereocenters. The van der Waals surface area contributed by atoms with Crippen molar-refractivity contribution in [2.75, 3.05) is 0 Å². The molecular formula is C24H19FN2O. The second kappa shape index (κ2) is 7.61. The van der Waals surface area contributed by atoms with Crippen molar-refractivity contribution in [3.05, 3.63) is 102 Å². The van der Waals surface area contributed by atoms with Gasteiger partial charge in [-0.15, -0.1) is 0 Å². The summed E-state index contributed by atoms with van der Waals surface area (Å²) in [7, 11) is 0. The number of carbonyl (C=O) groups excluding carboxylic acids is 1. The number of halogens is 1. The zero-order chi connectivity index (χ0) is 19.5. The molecule has 0 aliphatic carbocycles. The summed E-state index contributed by atoms with van der Waals surface area (Å²) in [4.78, 5) is 16.6. The van der Waals surface area contributed by atoms with Gasteiger partial charge in [0, 0.05) is 23.5 Å². The number of amides is 1. The standard InChI is InChI=1S/C24H19FN2O/c1-16(20-8-4-6-17-5-2-3-7-21(17)20)27-24(28)19-9-10-22(23(25)15-19)18-11-13-26-14-12-18/h2-16H,1H3,(H,27,28)/t16-/m0/s1. The molecule has 1 atom stereocenters. The molecule has 0 radical (unpaired) electrons. The minimum Gasteiger partial charge on any atom is -0.345 e. The van der Waals surface area contributed by atoms with E-state index < -0.39 is 5.82 Å². The Labute approximate surface area is 162 Å². The van der Waals surface area contributed by atoms with Gasteiger partial charge in [-0.2, -0.15) is 0 Å². The van der Waals surface area contributed by atoms with Gasteiger partial charge in [0.05, 0.1) is 6.04 Å². The molecule has 4 rings (SSSR count). The third kappa shape index (κ3) is 3.49. The number of aromatic nitrogens is 1. The number of rotatable bonds is 4. The summed E-state index contributed by atoms with van der Waals surface area (Å²) >= 11 is 0.